The molecule has 0 saturated heterocycles. The van der Waals surface area contributed by atoms with Crippen LogP contribution in [0.4, 0.5) is 5.69 Å². The molecule has 1 aromatic heterocycles. The second kappa shape index (κ2) is 6.67. The number of aromatic nitrogens is 2. The van der Waals surface area contributed by atoms with E-state index >= 15 is 0 Å². The molecule has 7 nitrogen and oxygen atoms in total. The molecule has 0 aliphatic carbocycles. The van der Waals surface area contributed by atoms with Gasteiger partial charge >= 0.3 is 0 Å². The number of ether oxygens (including phenoxy) is 1. The van der Waals surface area contributed by atoms with Crippen LogP contribution in [0.25, 0.3) is 11.4 Å². The molecule has 0 radical (unpaired) electrons. The van der Waals surface area contributed by atoms with Gasteiger partial charge in [0.25, 0.3) is 11.6 Å². The molecule has 0 aliphatic rings. The van der Waals surface area contributed by atoms with Crippen molar-refractivity contribution in [3.8, 4) is 17.1 Å². The molecule has 1 heterocycles. The molecule has 1 atom stereocenters. The van der Waals surface area contributed by atoms with Crippen molar-refractivity contribution in [3.63, 3.8) is 0 Å². The molecule has 8 heteroatoms. The van der Waals surface area contributed by atoms with Gasteiger partial charge < -0.3 is 9.26 Å². The summed E-state index contributed by atoms with van der Waals surface area (Å²) < 4.78 is 10.9. The SMILES string of the molecule is CC(Oc1cccc(Cl)c1)c1nc(-c2cccc([N+](=O)[O-])c2)no1. The number of hydrogen-bond donors (Lipinski definition) is 0. The fourth-order valence-electron chi connectivity index (χ4n) is 2.07. The first-order chi connectivity index (χ1) is 11.5. The normalized spacial score (nSPS) is 11.9. The van der Waals surface area contributed by atoms with Gasteiger partial charge in [-0.25, -0.2) is 0 Å². The molecule has 0 amide bonds. The summed E-state index contributed by atoms with van der Waals surface area (Å²) in [6, 6.07) is 13.0. The maximum atomic E-state index is 10.8. The van der Waals surface area contributed by atoms with Crippen molar-refractivity contribution in [2.45, 2.75) is 13.0 Å². The van der Waals surface area contributed by atoms with Crippen LogP contribution in [-0.2, 0) is 0 Å². The van der Waals surface area contributed by atoms with Crippen LogP contribution >= 0.6 is 11.6 Å². The molecule has 3 aromatic rings. The zero-order valence-corrected chi connectivity index (χ0v) is 13.3. The van der Waals surface area contributed by atoms with Crippen LogP contribution in [0.1, 0.15) is 18.9 Å². The number of benzene rings is 2. The lowest BCUT2D eigenvalue weighted by molar-refractivity contribution is -0.384. The van der Waals surface area contributed by atoms with E-state index in [9.17, 15) is 10.1 Å². The van der Waals surface area contributed by atoms with E-state index in [2.05, 4.69) is 10.1 Å². The summed E-state index contributed by atoms with van der Waals surface area (Å²) in [5, 5.41) is 15.2. The summed E-state index contributed by atoms with van der Waals surface area (Å²) >= 11 is 5.91. The van der Waals surface area contributed by atoms with Crippen molar-refractivity contribution in [1.82, 2.24) is 10.1 Å². The van der Waals surface area contributed by atoms with Crippen molar-refractivity contribution in [3.05, 3.63) is 69.6 Å². The summed E-state index contributed by atoms with van der Waals surface area (Å²) in [4.78, 5) is 14.6. The molecule has 1 unspecified atom stereocenters. The largest absolute Gasteiger partial charge is 0.481 e. The Bertz CT molecular complexity index is 881. The van der Waals surface area contributed by atoms with Gasteiger partial charge in [0, 0.05) is 22.7 Å². The fraction of sp³-hybridized carbons (Fsp3) is 0.125. The Morgan fingerprint density at radius 3 is 2.79 bits per heavy atom. The van der Waals surface area contributed by atoms with E-state index in [1.165, 1.54) is 12.1 Å². The van der Waals surface area contributed by atoms with E-state index in [-0.39, 0.29) is 17.4 Å². The molecule has 0 bridgehead atoms. The number of hydrogen-bond acceptors (Lipinski definition) is 6. The van der Waals surface area contributed by atoms with Gasteiger partial charge in [0.2, 0.25) is 5.82 Å². The number of halogens is 1. The Morgan fingerprint density at radius 2 is 2.04 bits per heavy atom. The maximum absolute atomic E-state index is 10.8. The molecule has 122 valence electrons. The monoisotopic (exact) mass is 345 g/mol. The molecule has 0 fully saturated rings. The third-order valence-electron chi connectivity index (χ3n) is 3.21. The predicted octanol–water partition coefficient (Wildman–Crippen LogP) is 4.44. The zero-order chi connectivity index (χ0) is 17.1. The zero-order valence-electron chi connectivity index (χ0n) is 12.5. The van der Waals surface area contributed by atoms with E-state index in [1.807, 2.05) is 0 Å². The number of nitrogens with zero attached hydrogens (tertiary/aromatic N) is 3. The Labute approximate surface area is 142 Å². The summed E-state index contributed by atoms with van der Waals surface area (Å²) in [5.74, 6) is 1.09. The molecule has 24 heavy (non-hydrogen) atoms. The van der Waals surface area contributed by atoms with E-state index in [0.717, 1.165) is 0 Å². The van der Waals surface area contributed by atoms with Gasteiger partial charge in [0.15, 0.2) is 6.10 Å². The van der Waals surface area contributed by atoms with Crippen molar-refractivity contribution in [1.29, 1.82) is 0 Å². The van der Waals surface area contributed by atoms with E-state index in [1.54, 1.807) is 43.3 Å². The number of nitro benzene ring substituents is 1. The smallest absolute Gasteiger partial charge is 0.270 e. The standard InChI is InChI=1S/C16H12ClN3O4/c1-10(23-14-7-3-5-12(17)9-14)16-18-15(19-24-16)11-4-2-6-13(8-11)20(21)22/h2-10H,1H3. The minimum Gasteiger partial charge on any atom is -0.481 e. The van der Waals surface area contributed by atoms with Gasteiger partial charge in [-0.2, -0.15) is 4.98 Å². The van der Waals surface area contributed by atoms with Crippen molar-refractivity contribution in [2.75, 3.05) is 0 Å². The third kappa shape index (κ3) is 3.52. The number of nitro groups is 1. The maximum Gasteiger partial charge on any atom is 0.270 e. The van der Waals surface area contributed by atoms with Gasteiger partial charge in [0.05, 0.1) is 4.92 Å². The predicted molar refractivity (Wildman–Crippen MR) is 86.9 cm³/mol. The average Bonchev–Trinajstić information content (AvgIpc) is 3.05. The van der Waals surface area contributed by atoms with Crippen LogP contribution in [0.2, 0.25) is 5.02 Å². The Balaban J connectivity index is 1.80. The summed E-state index contributed by atoms with van der Waals surface area (Å²) in [5.41, 5.74) is 0.455. The van der Waals surface area contributed by atoms with Crippen molar-refractivity contribution >= 4 is 17.3 Å². The first-order valence-corrected chi connectivity index (χ1v) is 7.41. The van der Waals surface area contributed by atoms with Crippen LogP contribution in [0, 0.1) is 10.1 Å². The second-order valence-electron chi connectivity index (χ2n) is 4.98. The highest BCUT2D eigenvalue weighted by atomic mass is 35.5. The third-order valence-corrected chi connectivity index (χ3v) is 3.45. The Hall–Kier alpha value is -2.93. The summed E-state index contributed by atoms with van der Waals surface area (Å²) in [7, 11) is 0. The first-order valence-electron chi connectivity index (χ1n) is 7.03. The highest BCUT2D eigenvalue weighted by Crippen LogP contribution is 2.26. The lowest BCUT2D eigenvalue weighted by Gasteiger charge is -2.10. The van der Waals surface area contributed by atoms with Gasteiger partial charge in [-0.15, -0.1) is 0 Å². The molecule has 3 rings (SSSR count). The van der Waals surface area contributed by atoms with Crippen LogP contribution < -0.4 is 4.74 Å². The molecule has 0 saturated carbocycles. The highest BCUT2D eigenvalue weighted by Gasteiger charge is 2.18. The van der Waals surface area contributed by atoms with E-state index < -0.39 is 11.0 Å². The van der Waals surface area contributed by atoms with Gasteiger partial charge in [0.1, 0.15) is 5.75 Å². The topological polar surface area (TPSA) is 91.3 Å². The highest BCUT2D eigenvalue weighted by molar-refractivity contribution is 6.30. The molecule has 0 spiro atoms. The van der Waals surface area contributed by atoms with E-state index in [4.69, 9.17) is 20.9 Å². The summed E-state index contributed by atoms with van der Waals surface area (Å²) in [6.07, 6.45) is -0.497. The second-order valence-corrected chi connectivity index (χ2v) is 5.42. The molecule has 2 aromatic carbocycles. The minimum atomic E-state index is -0.497. The fourth-order valence-corrected chi connectivity index (χ4v) is 2.25. The lowest BCUT2D eigenvalue weighted by Crippen LogP contribution is -2.03. The van der Waals surface area contributed by atoms with Crippen LogP contribution in [-0.4, -0.2) is 15.1 Å². The Morgan fingerprint density at radius 1 is 1.25 bits per heavy atom. The minimum absolute atomic E-state index is 0.0397. The van der Waals surface area contributed by atoms with Crippen LogP contribution in [0.3, 0.4) is 0 Å². The van der Waals surface area contributed by atoms with Crippen molar-refractivity contribution < 1.29 is 14.2 Å². The molecule has 0 aliphatic heterocycles. The first kappa shape index (κ1) is 15.9. The van der Waals surface area contributed by atoms with Crippen LogP contribution in [0.15, 0.2) is 53.1 Å². The Kier molecular flexibility index (Phi) is 4.43. The van der Waals surface area contributed by atoms with Crippen molar-refractivity contribution in [2.24, 2.45) is 0 Å². The number of rotatable bonds is 5. The van der Waals surface area contributed by atoms with Gasteiger partial charge in [-0.1, -0.05) is 35.0 Å². The molecule has 0 N–H and O–H groups in total. The lowest BCUT2D eigenvalue weighted by atomic mass is 10.2. The van der Waals surface area contributed by atoms with Crippen LogP contribution in [0.5, 0.6) is 5.75 Å². The van der Waals surface area contributed by atoms with E-state index in [0.29, 0.717) is 16.3 Å². The quantitative estimate of drug-likeness (QED) is 0.501. The average molecular weight is 346 g/mol. The molecular formula is C16H12ClN3O4. The summed E-state index contributed by atoms with van der Waals surface area (Å²) in [6.45, 7) is 1.76. The number of non-ortho nitro benzene ring substituents is 1. The van der Waals surface area contributed by atoms with Gasteiger partial charge in [-0.3, -0.25) is 10.1 Å². The molecular weight excluding hydrogens is 334 g/mol. The van der Waals surface area contributed by atoms with Gasteiger partial charge in [-0.05, 0) is 25.1 Å².